The summed E-state index contributed by atoms with van der Waals surface area (Å²) in [5.41, 5.74) is 4.82. The summed E-state index contributed by atoms with van der Waals surface area (Å²) in [7, 11) is 0. The minimum Gasteiger partial charge on any atom is -0.462 e. The maximum atomic E-state index is 12.1. The minimum absolute atomic E-state index is 0.0573. The van der Waals surface area contributed by atoms with Gasteiger partial charge in [-0.3, -0.25) is 0 Å². The van der Waals surface area contributed by atoms with Gasteiger partial charge in [-0.25, -0.2) is 9.59 Å². The molecule has 2 unspecified atom stereocenters. The molecule has 2 N–H and O–H groups in total. The summed E-state index contributed by atoms with van der Waals surface area (Å²) in [4.78, 5) is 24.1. The van der Waals surface area contributed by atoms with E-state index in [9.17, 15) is 9.59 Å². The third-order valence-electron chi connectivity index (χ3n) is 8.34. The first-order valence-corrected chi connectivity index (χ1v) is 15.5. The number of hydrogen-bond donors (Lipinski definition) is 2. The zero-order valence-corrected chi connectivity index (χ0v) is 25.6. The van der Waals surface area contributed by atoms with E-state index in [2.05, 4.69) is 80.7 Å². The van der Waals surface area contributed by atoms with Gasteiger partial charge in [-0.05, 0) is 64.8 Å². The molecule has 0 bridgehead atoms. The lowest BCUT2D eigenvalue weighted by Crippen LogP contribution is -2.37. The van der Waals surface area contributed by atoms with Gasteiger partial charge < -0.3 is 24.4 Å². The highest BCUT2D eigenvalue weighted by molar-refractivity contribution is 5.89. The molecule has 7 heteroatoms. The van der Waals surface area contributed by atoms with Gasteiger partial charge in [0.15, 0.2) is 0 Å². The lowest BCUT2D eigenvalue weighted by atomic mass is 9.87. The van der Waals surface area contributed by atoms with Crippen molar-refractivity contribution in [3.63, 3.8) is 0 Å². The van der Waals surface area contributed by atoms with Crippen molar-refractivity contribution in [1.29, 1.82) is 0 Å². The SMILES string of the molecule is C=C(CO)C(=O)OCC(COC(=O)C(=C)CO)C1CCC(c2ccc(-c3ccc4cc(CCCCC)ccc4c3)cc2)CO1. The fourth-order valence-electron chi connectivity index (χ4n) is 5.53. The van der Waals surface area contributed by atoms with Gasteiger partial charge in [0.05, 0.1) is 43.0 Å². The molecule has 1 fully saturated rings. The highest BCUT2D eigenvalue weighted by Gasteiger charge is 2.31. The van der Waals surface area contributed by atoms with Crippen molar-refractivity contribution in [3.8, 4) is 11.1 Å². The van der Waals surface area contributed by atoms with Gasteiger partial charge in [0.25, 0.3) is 0 Å². The molecule has 3 aromatic carbocycles. The zero-order valence-electron chi connectivity index (χ0n) is 25.6. The summed E-state index contributed by atoms with van der Waals surface area (Å²) in [6.45, 7) is 8.55. The van der Waals surface area contributed by atoms with E-state index in [0.717, 1.165) is 18.4 Å². The van der Waals surface area contributed by atoms with Gasteiger partial charge in [-0.15, -0.1) is 0 Å². The summed E-state index contributed by atoms with van der Waals surface area (Å²) >= 11 is 0. The number of aryl methyl sites for hydroxylation is 1. The van der Waals surface area contributed by atoms with Crippen LogP contribution >= 0.6 is 0 Å². The fourth-order valence-corrected chi connectivity index (χ4v) is 5.53. The van der Waals surface area contributed by atoms with Crippen LogP contribution in [0.2, 0.25) is 0 Å². The molecule has 0 amide bonds. The standard InChI is InChI=1S/C37H44O7/c1-4-5-6-7-27-8-9-32-19-31(15-14-30(32)18-27)28-10-12-29(13-11-28)33-16-17-35(42-22-33)34(23-43-36(40)25(2)20-38)24-44-37(41)26(3)21-39/h8-15,18-19,33-35,38-39H,2-7,16-17,20-24H2,1H3. The van der Waals surface area contributed by atoms with E-state index in [1.165, 1.54) is 46.7 Å². The van der Waals surface area contributed by atoms with Crippen molar-refractivity contribution in [2.75, 3.05) is 33.0 Å². The van der Waals surface area contributed by atoms with Gasteiger partial charge in [-0.1, -0.05) is 87.5 Å². The second-order valence-corrected chi connectivity index (χ2v) is 11.6. The second kappa shape index (κ2) is 16.3. The van der Waals surface area contributed by atoms with Gasteiger partial charge >= 0.3 is 11.9 Å². The molecule has 0 radical (unpaired) electrons. The summed E-state index contributed by atoms with van der Waals surface area (Å²) in [6.07, 6.45) is 6.08. The monoisotopic (exact) mass is 600 g/mol. The van der Waals surface area contributed by atoms with Crippen molar-refractivity contribution in [3.05, 3.63) is 96.1 Å². The molecule has 1 heterocycles. The molecular weight excluding hydrogens is 556 g/mol. The first-order valence-electron chi connectivity index (χ1n) is 15.5. The molecule has 234 valence electrons. The number of unbranched alkanes of at least 4 members (excludes halogenated alkanes) is 2. The fraction of sp³-hybridized carbons (Fsp3) is 0.405. The number of hydrogen-bond acceptors (Lipinski definition) is 7. The molecule has 4 rings (SSSR count). The van der Waals surface area contributed by atoms with Crippen molar-refractivity contribution in [2.45, 2.75) is 57.5 Å². The molecule has 1 aliphatic heterocycles. The summed E-state index contributed by atoms with van der Waals surface area (Å²) in [6, 6.07) is 22.1. The van der Waals surface area contributed by atoms with E-state index in [4.69, 9.17) is 24.4 Å². The molecular formula is C37H44O7. The number of fused-ring (bicyclic) bond motifs is 1. The van der Waals surface area contributed by atoms with Crippen molar-refractivity contribution >= 4 is 22.7 Å². The Morgan fingerprint density at radius 3 is 2.05 bits per heavy atom. The number of benzene rings is 3. The topological polar surface area (TPSA) is 102 Å². The second-order valence-electron chi connectivity index (χ2n) is 11.6. The van der Waals surface area contributed by atoms with E-state index in [0.29, 0.717) is 13.0 Å². The van der Waals surface area contributed by atoms with E-state index in [1.54, 1.807) is 0 Å². The van der Waals surface area contributed by atoms with Gasteiger partial charge in [0.1, 0.15) is 13.2 Å². The summed E-state index contributed by atoms with van der Waals surface area (Å²) in [5, 5.41) is 20.8. The normalized spacial score (nSPS) is 16.5. The summed E-state index contributed by atoms with van der Waals surface area (Å²) < 4.78 is 16.8. The average molecular weight is 601 g/mol. The largest absolute Gasteiger partial charge is 0.462 e. The Balaban J connectivity index is 1.36. The number of ether oxygens (including phenoxy) is 3. The Bertz CT molecular complexity index is 1400. The van der Waals surface area contributed by atoms with Crippen LogP contribution in [0.5, 0.6) is 0 Å². The van der Waals surface area contributed by atoms with Crippen LogP contribution in [-0.4, -0.2) is 61.3 Å². The highest BCUT2D eigenvalue weighted by Crippen LogP contribution is 2.33. The Morgan fingerprint density at radius 1 is 0.841 bits per heavy atom. The van der Waals surface area contributed by atoms with Crippen LogP contribution in [0.15, 0.2) is 85.0 Å². The third kappa shape index (κ3) is 8.88. The molecule has 0 aromatic heterocycles. The maximum Gasteiger partial charge on any atom is 0.335 e. The predicted molar refractivity (Wildman–Crippen MR) is 172 cm³/mol. The molecule has 0 aliphatic carbocycles. The Morgan fingerprint density at radius 2 is 1.45 bits per heavy atom. The molecule has 2 atom stereocenters. The van der Waals surface area contributed by atoms with Crippen LogP contribution in [0.3, 0.4) is 0 Å². The minimum atomic E-state index is -0.712. The number of esters is 2. The molecule has 1 saturated heterocycles. The lowest BCUT2D eigenvalue weighted by molar-refractivity contribution is -0.150. The highest BCUT2D eigenvalue weighted by atomic mass is 16.6. The van der Waals surface area contributed by atoms with E-state index in [1.807, 2.05) is 0 Å². The van der Waals surface area contributed by atoms with Crippen molar-refractivity contribution in [2.24, 2.45) is 5.92 Å². The number of aliphatic hydroxyl groups excluding tert-OH is 2. The average Bonchev–Trinajstić information content (AvgIpc) is 3.07. The van der Waals surface area contributed by atoms with Gasteiger partial charge in [0, 0.05) is 5.92 Å². The van der Waals surface area contributed by atoms with Gasteiger partial charge in [0.2, 0.25) is 0 Å². The first-order chi connectivity index (χ1) is 21.3. The van der Waals surface area contributed by atoms with Crippen molar-refractivity contribution in [1.82, 2.24) is 0 Å². The molecule has 0 spiro atoms. The van der Waals surface area contributed by atoms with Crippen LogP contribution in [0, 0.1) is 5.92 Å². The first kappa shape index (κ1) is 33.1. The van der Waals surface area contributed by atoms with Gasteiger partial charge in [-0.2, -0.15) is 0 Å². The number of aliphatic hydroxyl groups is 2. The number of rotatable bonds is 15. The number of carbonyl (C=O) groups is 2. The van der Waals surface area contributed by atoms with E-state index in [-0.39, 0.29) is 36.4 Å². The lowest BCUT2D eigenvalue weighted by Gasteiger charge is -2.34. The quantitative estimate of drug-likeness (QED) is 0.120. The van der Waals surface area contributed by atoms with Crippen LogP contribution in [0.4, 0.5) is 0 Å². The van der Waals surface area contributed by atoms with Crippen molar-refractivity contribution < 1.29 is 34.0 Å². The predicted octanol–water partition coefficient (Wildman–Crippen LogP) is 6.30. The summed E-state index contributed by atoms with van der Waals surface area (Å²) in [5.74, 6) is -1.64. The Kier molecular flexibility index (Phi) is 12.3. The molecule has 0 saturated carbocycles. The smallest absolute Gasteiger partial charge is 0.335 e. The Labute approximate surface area is 260 Å². The number of carbonyl (C=O) groups excluding carboxylic acids is 2. The van der Waals surface area contributed by atoms with E-state index < -0.39 is 31.1 Å². The van der Waals surface area contributed by atoms with Crippen LogP contribution < -0.4 is 0 Å². The van der Waals surface area contributed by atoms with E-state index >= 15 is 0 Å². The molecule has 1 aliphatic rings. The van der Waals surface area contributed by atoms with Crippen LogP contribution in [-0.2, 0) is 30.2 Å². The Hall–Kier alpha value is -3.78. The molecule has 3 aromatic rings. The van der Waals surface area contributed by atoms with Crippen LogP contribution in [0.1, 0.15) is 56.1 Å². The zero-order chi connectivity index (χ0) is 31.5. The molecule has 44 heavy (non-hydrogen) atoms. The molecule has 7 nitrogen and oxygen atoms in total. The third-order valence-corrected chi connectivity index (χ3v) is 8.34. The maximum absolute atomic E-state index is 12.1. The van der Waals surface area contributed by atoms with Crippen LogP contribution in [0.25, 0.3) is 21.9 Å².